The van der Waals surface area contributed by atoms with Crippen LogP contribution in [0.5, 0.6) is 0 Å². The van der Waals surface area contributed by atoms with E-state index in [0.717, 1.165) is 25.7 Å². The number of hydrogen-bond acceptors (Lipinski definition) is 4. The van der Waals surface area contributed by atoms with Crippen molar-refractivity contribution in [1.29, 1.82) is 0 Å². The molecule has 0 aromatic heterocycles. The molecule has 1 N–H and O–H groups in total. The van der Waals surface area contributed by atoms with Gasteiger partial charge in [0.2, 0.25) is 0 Å². The second-order valence-electron chi connectivity index (χ2n) is 7.64. The first-order chi connectivity index (χ1) is 14.3. The van der Waals surface area contributed by atoms with Crippen molar-refractivity contribution in [1.82, 2.24) is 4.90 Å². The highest BCUT2D eigenvalue weighted by Crippen LogP contribution is 2.24. The van der Waals surface area contributed by atoms with Crippen molar-refractivity contribution in [2.45, 2.75) is 50.0 Å². The zero-order valence-electron chi connectivity index (χ0n) is 17.4. The average molecular weight is 429 g/mol. The number of hydrogen-bond donors (Lipinski definition) is 1. The fourth-order valence-corrected chi connectivity index (χ4v) is 4.91. The summed E-state index contributed by atoms with van der Waals surface area (Å²) in [5.41, 5.74) is 1.17. The standard InChI is InChI=1S/C23H28N2O4S/c1-3-30(28,29)21-12-8-7-11-20(21)22(26)24-18-15-13-17(14-16-18)23(27)25(2)19-9-5-4-6-10-19/h7-8,11-16,19H,3-6,9-10H2,1-2H3,(H,24,26). The maximum Gasteiger partial charge on any atom is 0.256 e. The zero-order valence-corrected chi connectivity index (χ0v) is 18.2. The van der Waals surface area contributed by atoms with Gasteiger partial charge in [-0.25, -0.2) is 8.42 Å². The Morgan fingerprint density at radius 1 is 1.00 bits per heavy atom. The third kappa shape index (κ3) is 4.90. The molecule has 6 nitrogen and oxygen atoms in total. The number of rotatable bonds is 6. The average Bonchev–Trinajstić information content (AvgIpc) is 2.79. The molecule has 7 heteroatoms. The SMILES string of the molecule is CCS(=O)(=O)c1ccccc1C(=O)Nc1ccc(C(=O)N(C)C2CCCCC2)cc1. The molecule has 0 atom stereocenters. The molecule has 2 aromatic carbocycles. The van der Waals surface area contributed by atoms with Crippen LogP contribution in [0.25, 0.3) is 0 Å². The molecule has 30 heavy (non-hydrogen) atoms. The monoisotopic (exact) mass is 428 g/mol. The van der Waals surface area contributed by atoms with Crippen LogP contribution in [0.2, 0.25) is 0 Å². The maximum absolute atomic E-state index is 12.8. The Hall–Kier alpha value is -2.67. The molecular weight excluding hydrogens is 400 g/mol. The third-order valence-corrected chi connectivity index (χ3v) is 7.47. The first-order valence-electron chi connectivity index (χ1n) is 10.3. The van der Waals surface area contributed by atoms with E-state index in [0.29, 0.717) is 11.3 Å². The van der Waals surface area contributed by atoms with Crippen molar-refractivity contribution in [3.8, 4) is 0 Å². The minimum Gasteiger partial charge on any atom is -0.339 e. The number of carbonyl (C=O) groups excluding carboxylic acids is 2. The highest BCUT2D eigenvalue weighted by Gasteiger charge is 2.23. The molecular formula is C23H28N2O4S. The molecule has 0 spiro atoms. The normalized spacial score (nSPS) is 14.9. The van der Waals surface area contributed by atoms with Crippen LogP contribution in [-0.2, 0) is 9.84 Å². The van der Waals surface area contributed by atoms with Gasteiger partial charge in [0, 0.05) is 24.3 Å². The highest BCUT2D eigenvalue weighted by molar-refractivity contribution is 7.91. The van der Waals surface area contributed by atoms with E-state index in [4.69, 9.17) is 0 Å². The Morgan fingerprint density at radius 3 is 2.27 bits per heavy atom. The molecule has 0 radical (unpaired) electrons. The zero-order chi connectivity index (χ0) is 21.7. The van der Waals surface area contributed by atoms with Gasteiger partial charge in [-0.1, -0.05) is 38.3 Å². The molecule has 160 valence electrons. The second-order valence-corrected chi connectivity index (χ2v) is 9.89. The van der Waals surface area contributed by atoms with E-state index in [9.17, 15) is 18.0 Å². The maximum atomic E-state index is 12.8. The predicted molar refractivity (Wildman–Crippen MR) is 118 cm³/mol. The smallest absolute Gasteiger partial charge is 0.256 e. The van der Waals surface area contributed by atoms with Gasteiger partial charge in [0.15, 0.2) is 9.84 Å². The topological polar surface area (TPSA) is 83.5 Å². The van der Waals surface area contributed by atoms with Crippen molar-refractivity contribution >= 4 is 27.3 Å². The second kappa shape index (κ2) is 9.43. The minimum atomic E-state index is -3.52. The molecule has 1 aliphatic rings. The molecule has 0 bridgehead atoms. The molecule has 0 heterocycles. The van der Waals surface area contributed by atoms with Gasteiger partial charge >= 0.3 is 0 Å². The molecule has 2 aromatic rings. The van der Waals surface area contributed by atoms with Gasteiger partial charge in [0.25, 0.3) is 11.8 Å². The molecule has 0 aliphatic heterocycles. The fraction of sp³-hybridized carbons (Fsp3) is 0.391. The van der Waals surface area contributed by atoms with E-state index in [1.54, 1.807) is 43.3 Å². The largest absolute Gasteiger partial charge is 0.339 e. The molecule has 3 rings (SSSR count). The van der Waals surface area contributed by atoms with Crippen molar-refractivity contribution in [3.63, 3.8) is 0 Å². The number of anilines is 1. The molecule has 0 saturated heterocycles. The van der Waals surface area contributed by atoms with Crippen molar-refractivity contribution in [2.24, 2.45) is 0 Å². The number of nitrogens with one attached hydrogen (secondary N) is 1. The first-order valence-corrected chi connectivity index (χ1v) is 12.0. The lowest BCUT2D eigenvalue weighted by Crippen LogP contribution is -2.38. The van der Waals surface area contributed by atoms with E-state index in [1.807, 2.05) is 11.9 Å². The summed E-state index contributed by atoms with van der Waals surface area (Å²) >= 11 is 0. The first kappa shape index (κ1) is 22.0. The van der Waals surface area contributed by atoms with Crippen molar-refractivity contribution < 1.29 is 18.0 Å². The van der Waals surface area contributed by atoms with Crippen LogP contribution in [-0.4, -0.2) is 44.0 Å². The van der Waals surface area contributed by atoms with Crippen molar-refractivity contribution in [2.75, 3.05) is 18.1 Å². The van der Waals surface area contributed by atoms with E-state index < -0.39 is 15.7 Å². The van der Waals surface area contributed by atoms with E-state index in [1.165, 1.54) is 18.6 Å². The quantitative estimate of drug-likeness (QED) is 0.750. The lowest BCUT2D eigenvalue weighted by atomic mass is 9.94. The molecule has 1 fully saturated rings. The summed E-state index contributed by atoms with van der Waals surface area (Å²) in [4.78, 5) is 27.3. The Bertz CT molecular complexity index is 1010. The summed E-state index contributed by atoms with van der Waals surface area (Å²) in [6.45, 7) is 1.55. The van der Waals surface area contributed by atoms with Crippen LogP contribution in [0, 0.1) is 0 Å². The van der Waals surface area contributed by atoms with Crippen LogP contribution in [0.3, 0.4) is 0 Å². The van der Waals surface area contributed by atoms with E-state index in [2.05, 4.69) is 5.32 Å². The number of nitrogens with zero attached hydrogens (tertiary/aromatic N) is 1. The summed E-state index contributed by atoms with van der Waals surface area (Å²) in [6.07, 6.45) is 5.62. The van der Waals surface area contributed by atoms with Gasteiger partial charge in [0.1, 0.15) is 0 Å². The van der Waals surface area contributed by atoms with Crippen LogP contribution in [0.4, 0.5) is 5.69 Å². The fourth-order valence-electron chi connectivity index (χ4n) is 3.81. The minimum absolute atomic E-state index is 0.0194. The van der Waals surface area contributed by atoms with Gasteiger partial charge in [0.05, 0.1) is 16.2 Å². The molecule has 1 saturated carbocycles. The molecule has 2 amide bonds. The summed E-state index contributed by atoms with van der Waals surface area (Å²) in [6, 6.07) is 13.1. The van der Waals surface area contributed by atoms with E-state index in [-0.39, 0.29) is 28.2 Å². The summed E-state index contributed by atoms with van der Waals surface area (Å²) < 4.78 is 24.5. The summed E-state index contributed by atoms with van der Waals surface area (Å²) in [7, 11) is -1.67. The predicted octanol–water partition coefficient (Wildman–Crippen LogP) is 4.14. The van der Waals surface area contributed by atoms with Crippen LogP contribution in [0.1, 0.15) is 59.7 Å². The van der Waals surface area contributed by atoms with Crippen LogP contribution >= 0.6 is 0 Å². The van der Waals surface area contributed by atoms with E-state index >= 15 is 0 Å². The molecule has 1 aliphatic carbocycles. The number of benzene rings is 2. The summed E-state index contributed by atoms with van der Waals surface area (Å²) in [5.74, 6) is -0.608. The number of sulfone groups is 1. The van der Waals surface area contributed by atoms with Crippen LogP contribution < -0.4 is 5.32 Å². The molecule has 0 unspecified atom stereocenters. The highest BCUT2D eigenvalue weighted by atomic mass is 32.2. The lowest BCUT2D eigenvalue weighted by Gasteiger charge is -2.31. The van der Waals surface area contributed by atoms with Gasteiger partial charge in [-0.3, -0.25) is 9.59 Å². The Balaban J connectivity index is 1.72. The van der Waals surface area contributed by atoms with Crippen LogP contribution in [0.15, 0.2) is 53.4 Å². The van der Waals surface area contributed by atoms with Crippen molar-refractivity contribution in [3.05, 3.63) is 59.7 Å². The van der Waals surface area contributed by atoms with Gasteiger partial charge < -0.3 is 10.2 Å². The Kier molecular flexibility index (Phi) is 6.92. The summed E-state index contributed by atoms with van der Waals surface area (Å²) in [5, 5.41) is 2.73. The Labute approximate surface area is 178 Å². The number of amides is 2. The number of carbonyl (C=O) groups is 2. The van der Waals surface area contributed by atoms with Gasteiger partial charge in [-0.15, -0.1) is 0 Å². The third-order valence-electron chi connectivity index (χ3n) is 5.68. The lowest BCUT2D eigenvalue weighted by molar-refractivity contribution is 0.0696. The van der Waals surface area contributed by atoms with Gasteiger partial charge in [-0.05, 0) is 49.2 Å². The Morgan fingerprint density at radius 2 is 1.63 bits per heavy atom. The van der Waals surface area contributed by atoms with Gasteiger partial charge in [-0.2, -0.15) is 0 Å².